The van der Waals surface area contributed by atoms with E-state index in [4.69, 9.17) is 11.6 Å². The molecule has 0 aliphatic carbocycles. The summed E-state index contributed by atoms with van der Waals surface area (Å²) >= 11 is 7.36. The van der Waals surface area contributed by atoms with Crippen LogP contribution in [0, 0.1) is 0 Å². The topological polar surface area (TPSA) is 30.0 Å². The maximum absolute atomic E-state index is 12.4. The van der Waals surface area contributed by atoms with Gasteiger partial charge in [-0.15, -0.1) is 11.3 Å². The number of hydrogen-bond acceptors (Lipinski definition) is 3. The van der Waals surface area contributed by atoms with Crippen LogP contribution in [0.25, 0.3) is 10.9 Å². The molecular formula is C14H8ClNOS. The molecule has 2 aromatic heterocycles. The van der Waals surface area contributed by atoms with Crippen molar-refractivity contribution < 1.29 is 4.79 Å². The molecule has 0 spiro atoms. The fourth-order valence-corrected chi connectivity index (χ4v) is 2.96. The largest absolute Gasteiger partial charge is 0.288 e. The van der Waals surface area contributed by atoms with Gasteiger partial charge in [0.05, 0.1) is 15.4 Å². The summed E-state index contributed by atoms with van der Waals surface area (Å²) in [7, 11) is 0. The van der Waals surface area contributed by atoms with Crippen LogP contribution >= 0.6 is 22.9 Å². The van der Waals surface area contributed by atoms with E-state index in [-0.39, 0.29) is 5.78 Å². The van der Waals surface area contributed by atoms with Gasteiger partial charge in [-0.25, -0.2) is 0 Å². The highest BCUT2D eigenvalue weighted by Gasteiger charge is 2.17. The molecule has 4 heteroatoms. The second-order valence-corrected chi connectivity index (χ2v) is 5.13. The van der Waals surface area contributed by atoms with Crippen molar-refractivity contribution in [3.8, 4) is 0 Å². The van der Waals surface area contributed by atoms with Gasteiger partial charge >= 0.3 is 0 Å². The first kappa shape index (κ1) is 11.4. The minimum absolute atomic E-state index is 0.0701. The maximum atomic E-state index is 12.4. The van der Waals surface area contributed by atoms with Crippen LogP contribution in [0.1, 0.15) is 15.2 Å². The summed E-state index contributed by atoms with van der Waals surface area (Å²) in [6.07, 6.45) is 1.69. The Labute approximate surface area is 113 Å². The van der Waals surface area contributed by atoms with Gasteiger partial charge in [-0.1, -0.05) is 29.8 Å². The average molecular weight is 274 g/mol. The van der Waals surface area contributed by atoms with Gasteiger partial charge in [-0.3, -0.25) is 9.78 Å². The molecule has 3 rings (SSSR count). The molecule has 0 saturated carbocycles. The van der Waals surface area contributed by atoms with E-state index in [1.807, 2.05) is 29.6 Å². The van der Waals surface area contributed by atoms with E-state index in [1.54, 1.807) is 18.3 Å². The van der Waals surface area contributed by atoms with Gasteiger partial charge < -0.3 is 0 Å². The van der Waals surface area contributed by atoms with Crippen molar-refractivity contribution >= 4 is 39.6 Å². The number of fused-ring (bicyclic) bond motifs is 1. The fourth-order valence-electron chi connectivity index (χ4n) is 1.87. The molecular weight excluding hydrogens is 266 g/mol. The number of thiophene rings is 1. The SMILES string of the molecule is O=C(c1sccc1Cl)c1cccc2cccnc12. The lowest BCUT2D eigenvalue weighted by molar-refractivity contribution is 0.104. The van der Waals surface area contributed by atoms with E-state index in [9.17, 15) is 4.79 Å². The molecule has 0 bridgehead atoms. The Kier molecular flexibility index (Phi) is 2.86. The van der Waals surface area contributed by atoms with Crippen LogP contribution in [-0.4, -0.2) is 10.8 Å². The molecule has 2 heterocycles. The van der Waals surface area contributed by atoms with Crippen molar-refractivity contribution in [3.05, 3.63) is 63.4 Å². The van der Waals surface area contributed by atoms with Gasteiger partial charge in [0.1, 0.15) is 0 Å². The van der Waals surface area contributed by atoms with Crippen molar-refractivity contribution in [2.75, 3.05) is 0 Å². The summed E-state index contributed by atoms with van der Waals surface area (Å²) in [6.45, 7) is 0. The van der Waals surface area contributed by atoms with Crippen molar-refractivity contribution in [1.29, 1.82) is 0 Å². The lowest BCUT2D eigenvalue weighted by Gasteiger charge is -2.03. The maximum Gasteiger partial charge on any atom is 0.206 e. The highest BCUT2D eigenvalue weighted by atomic mass is 35.5. The van der Waals surface area contributed by atoms with Crippen LogP contribution in [0.2, 0.25) is 5.02 Å². The highest BCUT2D eigenvalue weighted by Crippen LogP contribution is 2.27. The number of pyridine rings is 1. The van der Waals surface area contributed by atoms with Crippen LogP contribution in [-0.2, 0) is 0 Å². The first-order chi connectivity index (χ1) is 8.77. The summed E-state index contributed by atoms with van der Waals surface area (Å²) in [6, 6.07) is 11.1. The number of benzene rings is 1. The molecule has 2 nitrogen and oxygen atoms in total. The first-order valence-corrected chi connectivity index (χ1v) is 6.64. The van der Waals surface area contributed by atoms with Gasteiger partial charge in [-0.2, -0.15) is 0 Å². The van der Waals surface area contributed by atoms with E-state index in [0.717, 1.165) is 10.9 Å². The van der Waals surface area contributed by atoms with Crippen molar-refractivity contribution in [1.82, 2.24) is 4.98 Å². The number of carbonyl (C=O) groups is 1. The second-order valence-electron chi connectivity index (χ2n) is 3.81. The summed E-state index contributed by atoms with van der Waals surface area (Å²) < 4.78 is 0. The van der Waals surface area contributed by atoms with Crippen molar-refractivity contribution in [3.63, 3.8) is 0 Å². The van der Waals surface area contributed by atoms with Crippen LogP contribution in [0.3, 0.4) is 0 Å². The third kappa shape index (κ3) is 1.82. The normalized spacial score (nSPS) is 10.7. The highest BCUT2D eigenvalue weighted by molar-refractivity contribution is 7.13. The standard InChI is InChI=1S/C14H8ClNOS/c15-11-6-8-18-14(11)13(17)10-5-1-3-9-4-2-7-16-12(9)10/h1-8H. The number of para-hydroxylation sites is 1. The molecule has 0 radical (unpaired) electrons. The summed E-state index contributed by atoms with van der Waals surface area (Å²) in [5.41, 5.74) is 1.31. The van der Waals surface area contributed by atoms with E-state index in [2.05, 4.69) is 4.98 Å². The first-order valence-electron chi connectivity index (χ1n) is 5.39. The molecule has 1 aromatic carbocycles. The molecule has 0 atom stereocenters. The Bertz CT molecular complexity index is 730. The zero-order chi connectivity index (χ0) is 12.5. The lowest BCUT2D eigenvalue weighted by Crippen LogP contribution is -2.01. The average Bonchev–Trinajstić information content (AvgIpc) is 2.83. The number of carbonyl (C=O) groups excluding carboxylic acids is 1. The predicted molar refractivity (Wildman–Crippen MR) is 74.5 cm³/mol. The molecule has 3 aromatic rings. The number of hydrogen-bond donors (Lipinski definition) is 0. The van der Waals surface area contributed by atoms with Gasteiger partial charge in [0, 0.05) is 17.1 Å². The Balaban J connectivity index is 2.21. The molecule has 0 N–H and O–H groups in total. The monoisotopic (exact) mass is 273 g/mol. The Morgan fingerprint density at radius 3 is 2.78 bits per heavy atom. The van der Waals surface area contributed by atoms with Crippen molar-refractivity contribution in [2.24, 2.45) is 0 Å². The second kappa shape index (κ2) is 4.52. The molecule has 88 valence electrons. The van der Waals surface area contributed by atoms with Crippen LogP contribution in [0.15, 0.2) is 48.0 Å². The quantitative estimate of drug-likeness (QED) is 0.656. The summed E-state index contributed by atoms with van der Waals surface area (Å²) in [5, 5.41) is 3.27. The molecule has 0 amide bonds. The van der Waals surface area contributed by atoms with E-state index in [0.29, 0.717) is 15.5 Å². The molecule has 0 fully saturated rings. The minimum Gasteiger partial charge on any atom is -0.288 e. The van der Waals surface area contributed by atoms with E-state index >= 15 is 0 Å². The predicted octanol–water partition coefficient (Wildman–Crippen LogP) is 4.18. The van der Waals surface area contributed by atoms with Crippen LogP contribution < -0.4 is 0 Å². The third-order valence-electron chi connectivity index (χ3n) is 2.70. The molecule has 0 unspecified atom stereocenters. The molecule has 0 aliphatic rings. The lowest BCUT2D eigenvalue weighted by atomic mass is 10.1. The van der Waals surface area contributed by atoms with Gasteiger partial charge in [0.15, 0.2) is 0 Å². The number of aromatic nitrogens is 1. The molecule has 0 aliphatic heterocycles. The van der Waals surface area contributed by atoms with Gasteiger partial charge in [0.25, 0.3) is 0 Å². The molecule has 18 heavy (non-hydrogen) atoms. The van der Waals surface area contributed by atoms with E-state index < -0.39 is 0 Å². The third-order valence-corrected chi connectivity index (χ3v) is 4.04. The van der Waals surface area contributed by atoms with Crippen molar-refractivity contribution in [2.45, 2.75) is 0 Å². The van der Waals surface area contributed by atoms with Crippen LogP contribution in [0.5, 0.6) is 0 Å². The smallest absolute Gasteiger partial charge is 0.206 e. The number of halogens is 1. The fraction of sp³-hybridized carbons (Fsp3) is 0. The zero-order valence-corrected chi connectivity index (χ0v) is 10.8. The summed E-state index contributed by atoms with van der Waals surface area (Å²) in [4.78, 5) is 17.3. The Hall–Kier alpha value is -1.71. The van der Waals surface area contributed by atoms with Gasteiger partial charge in [0.2, 0.25) is 5.78 Å². The zero-order valence-electron chi connectivity index (χ0n) is 9.26. The Morgan fingerprint density at radius 2 is 2.00 bits per heavy atom. The number of nitrogens with zero attached hydrogens (tertiary/aromatic N) is 1. The molecule has 0 saturated heterocycles. The van der Waals surface area contributed by atoms with Gasteiger partial charge in [-0.05, 0) is 23.6 Å². The number of ketones is 1. The summed E-state index contributed by atoms with van der Waals surface area (Å²) in [5.74, 6) is -0.0701. The number of rotatable bonds is 2. The Morgan fingerprint density at radius 1 is 1.17 bits per heavy atom. The van der Waals surface area contributed by atoms with Crippen LogP contribution in [0.4, 0.5) is 0 Å². The van der Waals surface area contributed by atoms with E-state index in [1.165, 1.54) is 11.3 Å². The minimum atomic E-state index is -0.0701.